The number of ether oxygens (including phenoxy) is 2. The Hall–Kier alpha value is -2.14. The van der Waals surface area contributed by atoms with Gasteiger partial charge in [-0.3, -0.25) is 4.79 Å². The van der Waals surface area contributed by atoms with Crippen molar-refractivity contribution >= 4 is 0 Å². The number of H-pyrrole nitrogens is 1. The Morgan fingerprint density at radius 1 is 1.32 bits per heavy atom. The van der Waals surface area contributed by atoms with Crippen LogP contribution >= 0.6 is 0 Å². The Morgan fingerprint density at radius 3 is 2.84 bits per heavy atom. The van der Waals surface area contributed by atoms with E-state index in [4.69, 9.17) is 9.47 Å². The van der Waals surface area contributed by atoms with Crippen LogP contribution < -0.4 is 10.3 Å². The van der Waals surface area contributed by atoms with Crippen molar-refractivity contribution in [1.82, 2.24) is 9.97 Å². The van der Waals surface area contributed by atoms with Gasteiger partial charge in [0, 0.05) is 18.7 Å². The molecule has 5 nitrogen and oxygen atoms in total. The van der Waals surface area contributed by atoms with E-state index >= 15 is 0 Å². The van der Waals surface area contributed by atoms with Crippen molar-refractivity contribution in [3.63, 3.8) is 0 Å². The van der Waals surface area contributed by atoms with Crippen LogP contribution in [0.15, 0.2) is 35.1 Å². The van der Waals surface area contributed by atoms with Crippen molar-refractivity contribution in [2.75, 3.05) is 13.7 Å². The smallest absolute Gasteiger partial charge is 0.251 e. The third-order valence-electron chi connectivity index (χ3n) is 2.53. The van der Waals surface area contributed by atoms with Gasteiger partial charge in [-0.25, -0.2) is 4.98 Å². The summed E-state index contributed by atoms with van der Waals surface area (Å²) in [6, 6.07) is 8.96. The molecule has 0 unspecified atom stereocenters. The van der Waals surface area contributed by atoms with Crippen LogP contribution in [0.3, 0.4) is 0 Å². The van der Waals surface area contributed by atoms with Crippen LogP contribution in [-0.4, -0.2) is 23.7 Å². The molecule has 2 aromatic rings. The van der Waals surface area contributed by atoms with E-state index in [1.807, 2.05) is 31.2 Å². The summed E-state index contributed by atoms with van der Waals surface area (Å²) in [7, 11) is 1.56. The number of para-hydroxylation sites is 1. The third-order valence-corrected chi connectivity index (χ3v) is 2.53. The van der Waals surface area contributed by atoms with Crippen molar-refractivity contribution in [2.24, 2.45) is 0 Å². The van der Waals surface area contributed by atoms with Gasteiger partial charge in [0.25, 0.3) is 5.56 Å². The van der Waals surface area contributed by atoms with Crippen LogP contribution in [0.25, 0.3) is 11.3 Å². The van der Waals surface area contributed by atoms with Crippen LogP contribution in [0.5, 0.6) is 5.75 Å². The number of aromatic amines is 1. The van der Waals surface area contributed by atoms with Gasteiger partial charge in [0.2, 0.25) is 0 Å². The van der Waals surface area contributed by atoms with Crippen molar-refractivity contribution in [1.29, 1.82) is 0 Å². The van der Waals surface area contributed by atoms with Crippen molar-refractivity contribution < 1.29 is 9.47 Å². The minimum atomic E-state index is -0.205. The van der Waals surface area contributed by atoms with E-state index in [9.17, 15) is 4.79 Å². The predicted molar refractivity (Wildman–Crippen MR) is 72.2 cm³/mol. The van der Waals surface area contributed by atoms with E-state index in [1.54, 1.807) is 7.11 Å². The monoisotopic (exact) mass is 260 g/mol. The molecule has 0 saturated heterocycles. The predicted octanol–water partition coefficient (Wildman–Crippen LogP) is 1.98. The van der Waals surface area contributed by atoms with Crippen LogP contribution in [0.1, 0.15) is 12.7 Å². The lowest BCUT2D eigenvalue weighted by atomic mass is 10.1. The minimum absolute atomic E-state index is 0.205. The first-order valence-corrected chi connectivity index (χ1v) is 6.06. The summed E-state index contributed by atoms with van der Waals surface area (Å²) in [6.45, 7) is 2.74. The molecule has 0 spiro atoms. The normalized spacial score (nSPS) is 10.4. The molecule has 19 heavy (non-hydrogen) atoms. The average Bonchev–Trinajstić information content (AvgIpc) is 2.39. The molecule has 1 N–H and O–H groups in total. The minimum Gasteiger partial charge on any atom is -0.493 e. The maximum atomic E-state index is 11.6. The maximum absolute atomic E-state index is 11.6. The van der Waals surface area contributed by atoms with E-state index < -0.39 is 0 Å². The first-order chi connectivity index (χ1) is 9.24. The van der Waals surface area contributed by atoms with Crippen LogP contribution in [0.4, 0.5) is 0 Å². The van der Waals surface area contributed by atoms with Gasteiger partial charge in [0.1, 0.15) is 18.2 Å². The van der Waals surface area contributed by atoms with Crippen LogP contribution in [0.2, 0.25) is 0 Å². The standard InChI is InChI=1S/C14H16N2O3/c1-3-19-12-7-5-4-6-10(12)11-8-14(17)16-13(15-11)9-18-2/h4-8H,3,9H2,1-2H3,(H,15,16,17). The van der Waals surface area contributed by atoms with Gasteiger partial charge >= 0.3 is 0 Å². The zero-order valence-corrected chi connectivity index (χ0v) is 11.0. The number of nitrogens with zero attached hydrogens (tertiary/aromatic N) is 1. The molecule has 2 rings (SSSR count). The molecule has 0 aliphatic rings. The summed E-state index contributed by atoms with van der Waals surface area (Å²) in [5, 5.41) is 0. The lowest BCUT2D eigenvalue weighted by molar-refractivity contribution is 0.177. The third kappa shape index (κ3) is 3.20. The highest BCUT2D eigenvalue weighted by molar-refractivity contribution is 5.66. The van der Waals surface area contributed by atoms with E-state index in [1.165, 1.54) is 6.07 Å². The summed E-state index contributed by atoms with van der Waals surface area (Å²) >= 11 is 0. The Bertz CT molecular complexity index is 608. The molecule has 5 heteroatoms. The van der Waals surface area contributed by atoms with E-state index in [0.29, 0.717) is 23.9 Å². The maximum Gasteiger partial charge on any atom is 0.251 e. The zero-order valence-electron chi connectivity index (χ0n) is 11.0. The molecule has 0 amide bonds. The largest absolute Gasteiger partial charge is 0.493 e. The first-order valence-electron chi connectivity index (χ1n) is 6.06. The Morgan fingerprint density at radius 2 is 2.11 bits per heavy atom. The van der Waals surface area contributed by atoms with E-state index in [2.05, 4.69) is 9.97 Å². The van der Waals surface area contributed by atoms with Gasteiger partial charge in [-0.1, -0.05) is 12.1 Å². The van der Waals surface area contributed by atoms with Crippen molar-refractivity contribution in [2.45, 2.75) is 13.5 Å². The van der Waals surface area contributed by atoms with E-state index in [0.717, 1.165) is 5.56 Å². The molecule has 0 fully saturated rings. The second kappa shape index (κ2) is 6.15. The lowest BCUT2D eigenvalue weighted by Gasteiger charge is -2.10. The summed E-state index contributed by atoms with van der Waals surface area (Å²) in [5.74, 6) is 1.21. The molecule has 1 aromatic carbocycles. The molecule has 0 aliphatic heterocycles. The van der Waals surface area contributed by atoms with Gasteiger partial charge in [-0.15, -0.1) is 0 Å². The highest BCUT2D eigenvalue weighted by Crippen LogP contribution is 2.27. The van der Waals surface area contributed by atoms with Gasteiger partial charge in [-0.2, -0.15) is 0 Å². The summed E-state index contributed by atoms with van der Waals surface area (Å²) in [4.78, 5) is 18.6. The number of nitrogens with one attached hydrogen (secondary N) is 1. The fraction of sp³-hybridized carbons (Fsp3) is 0.286. The topological polar surface area (TPSA) is 64.2 Å². The number of rotatable bonds is 5. The van der Waals surface area contributed by atoms with Gasteiger partial charge in [-0.05, 0) is 19.1 Å². The molecule has 0 saturated carbocycles. The number of hydrogen-bond donors (Lipinski definition) is 1. The molecule has 100 valence electrons. The number of benzene rings is 1. The average molecular weight is 260 g/mol. The highest BCUT2D eigenvalue weighted by atomic mass is 16.5. The molecule has 0 radical (unpaired) electrons. The van der Waals surface area contributed by atoms with Gasteiger partial charge in [0.15, 0.2) is 0 Å². The Balaban J connectivity index is 2.49. The zero-order chi connectivity index (χ0) is 13.7. The van der Waals surface area contributed by atoms with Crippen molar-refractivity contribution in [3.05, 3.63) is 46.5 Å². The molecule has 1 aromatic heterocycles. The summed E-state index contributed by atoms with van der Waals surface area (Å²) in [6.07, 6.45) is 0. The molecule has 0 atom stereocenters. The lowest BCUT2D eigenvalue weighted by Crippen LogP contribution is -2.12. The van der Waals surface area contributed by atoms with Gasteiger partial charge in [0.05, 0.1) is 12.3 Å². The number of aromatic nitrogens is 2. The first kappa shape index (κ1) is 13.3. The summed E-state index contributed by atoms with van der Waals surface area (Å²) in [5.41, 5.74) is 1.18. The molecule has 0 aliphatic carbocycles. The SMILES string of the molecule is CCOc1ccccc1-c1cc(=O)[nH]c(COC)n1. The second-order valence-corrected chi connectivity index (χ2v) is 3.94. The second-order valence-electron chi connectivity index (χ2n) is 3.94. The molecular formula is C14H16N2O3. The van der Waals surface area contributed by atoms with E-state index in [-0.39, 0.29) is 12.2 Å². The van der Waals surface area contributed by atoms with Crippen LogP contribution in [-0.2, 0) is 11.3 Å². The summed E-state index contributed by atoms with van der Waals surface area (Å²) < 4.78 is 10.5. The van der Waals surface area contributed by atoms with Gasteiger partial charge < -0.3 is 14.5 Å². The van der Waals surface area contributed by atoms with Crippen molar-refractivity contribution in [3.8, 4) is 17.0 Å². The molecular weight excluding hydrogens is 244 g/mol. The molecule has 0 bridgehead atoms. The number of hydrogen-bond acceptors (Lipinski definition) is 4. The molecule has 1 heterocycles. The Kier molecular flexibility index (Phi) is 4.30. The Labute approximate surface area is 111 Å². The quantitative estimate of drug-likeness (QED) is 0.892. The highest BCUT2D eigenvalue weighted by Gasteiger charge is 2.09. The fourth-order valence-corrected chi connectivity index (χ4v) is 1.81. The van der Waals surface area contributed by atoms with Crippen LogP contribution in [0, 0.1) is 0 Å². The fourth-order valence-electron chi connectivity index (χ4n) is 1.81. The number of methoxy groups -OCH3 is 1.